The molecule has 0 spiro atoms. The second-order valence-electron chi connectivity index (χ2n) is 5.11. The van der Waals surface area contributed by atoms with Crippen molar-refractivity contribution in [3.8, 4) is 11.4 Å². The van der Waals surface area contributed by atoms with Crippen LogP contribution in [0.4, 0.5) is 29.1 Å². The van der Waals surface area contributed by atoms with Crippen LogP contribution in [0.15, 0.2) is 54.6 Å². The maximum Gasteiger partial charge on any atom is 0.416 e. The molecule has 0 aliphatic carbocycles. The first-order valence-electron chi connectivity index (χ1n) is 7.06. The standard InChI is InChI=1S/C17H10ClF4N3/c18-14-9-15(23-13-6-4-11(5-7-13)17(20,21)22)25-16(24-14)10-2-1-3-12(19)8-10/h1-9H,(H,23,24,25). The molecule has 0 atom stereocenters. The molecule has 8 heteroatoms. The van der Waals surface area contributed by atoms with Crippen LogP contribution in [-0.2, 0) is 6.18 Å². The molecule has 0 bridgehead atoms. The van der Waals surface area contributed by atoms with Gasteiger partial charge in [-0.1, -0.05) is 23.7 Å². The van der Waals surface area contributed by atoms with Crippen molar-refractivity contribution in [2.24, 2.45) is 0 Å². The van der Waals surface area contributed by atoms with Crippen LogP contribution in [-0.4, -0.2) is 9.97 Å². The summed E-state index contributed by atoms with van der Waals surface area (Å²) in [4.78, 5) is 8.25. The molecule has 128 valence electrons. The Morgan fingerprint density at radius 3 is 2.28 bits per heavy atom. The van der Waals surface area contributed by atoms with E-state index in [1.165, 1.54) is 36.4 Å². The van der Waals surface area contributed by atoms with Gasteiger partial charge in [0.2, 0.25) is 0 Å². The molecule has 2 aromatic carbocycles. The number of aromatic nitrogens is 2. The lowest BCUT2D eigenvalue weighted by atomic mass is 10.2. The first kappa shape index (κ1) is 17.2. The molecule has 3 nitrogen and oxygen atoms in total. The van der Waals surface area contributed by atoms with Gasteiger partial charge in [-0.05, 0) is 36.4 Å². The van der Waals surface area contributed by atoms with Crippen LogP contribution in [0.1, 0.15) is 5.56 Å². The van der Waals surface area contributed by atoms with E-state index in [4.69, 9.17) is 11.6 Å². The molecule has 0 fully saturated rings. The number of hydrogen-bond acceptors (Lipinski definition) is 3. The van der Waals surface area contributed by atoms with Crippen LogP contribution < -0.4 is 5.32 Å². The van der Waals surface area contributed by atoms with E-state index in [1.54, 1.807) is 6.07 Å². The monoisotopic (exact) mass is 367 g/mol. The van der Waals surface area contributed by atoms with Crippen molar-refractivity contribution in [1.82, 2.24) is 9.97 Å². The predicted octanol–water partition coefficient (Wildman–Crippen LogP) is 5.70. The Bertz CT molecular complexity index is 895. The topological polar surface area (TPSA) is 37.8 Å². The lowest BCUT2D eigenvalue weighted by Crippen LogP contribution is -2.04. The van der Waals surface area contributed by atoms with Crippen molar-refractivity contribution in [2.45, 2.75) is 6.18 Å². The number of hydrogen-bond donors (Lipinski definition) is 1. The average Bonchev–Trinajstić information content (AvgIpc) is 2.54. The van der Waals surface area contributed by atoms with Crippen molar-refractivity contribution in [3.05, 3.63) is 71.1 Å². The van der Waals surface area contributed by atoms with Crippen molar-refractivity contribution in [3.63, 3.8) is 0 Å². The summed E-state index contributed by atoms with van der Waals surface area (Å²) >= 11 is 5.96. The fourth-order valence-electron chi connectivity index (χ4n) is 2.13. The summed E-state index contributed by atoms with van der Waals surface area (Å²) in [6.45, 7) is 0. The van der Waals surface area contributed by atoms with Gasteiger partial charge < -0.3 is 5.32 Å². The van der Waals surface area contributed by atoms with Crippen LogP contribution in [0.25, 0.3) is 11.4 Å². The molecule has 1 aromatic heterocycles. The second-order valence-corrected chi connectivity index (χ2v) is 5.50. The Balaban J connectivity index is 1.88. The largest absolute Gasteiger partial charge is 0.416 e. The third kappa shape index (κ3) is 4.24. The van der Waals surface area contributed by atoms with Gasteiger partial charge in [0.1, 0.15) is 16.8 Å². The van der Waals surface area contributed by atoms with Crippen LogP contribution in [0.3, 0.4) is 0 Å². The van der Waals surface area contributed by atoms with Gasteiger partial charge in [0.25, 0.3) is 0 Å². The predicted molar refractivity (Wildman–Crippen MR) is 87.2 cm³/mol. The Morgan fingerprint density at radius 2 is 1.64 bits per heavy atom. The minimum Gasteiger partial charge on any atom is -0.340 e. The molecular weight excluding hydrogens is 358 g/mol. The SMILES string of the molecule is Fc1cccc(-c2nc(Cl)cc(Nc3ccc(C(F)(F)F)cc3)n2)c1. The molecule has 3 rings (SSSR count). The summed E-state index contributed by atoms with van der Waals surface area (Å²) in [5, 5.41) is 2.97. The Morgan fingerprint density at radius 1 is 0.920 bits per heavy atom. The molecule has 0 amide bonds. The third-order valence-corrected chi connectivity index (χ3v) is 3.46. The van der Waals surface area contributed by atoms with Gasteiger partial charge in [0.05, 0.1) is 5.56 Å². The number of anilines is 2. The molecule has 0 radical (unpaired) electrons. The molecular formula is C17H10ClF4N3. The minimum absolute atomic E-state index is 0.115. The van der Waals surface area contributed by atoms with E-state index in [-0.39, 0.29) is 16.8 Å². The van der Waals surface area contributed by atoms with E-state index >= 15 is 0 Å². The van der Waals surface area contributed by atoms with E-state index in [0.29, 0.717) is 11.3 Å². The molecule has 1 heterocycles. The van der Waals surface area contributed by atoms with Crippen molar-refractivity contribution in [2.75, 3.05) is 5.32 Å². The highest BCUT2D eigenvalue weighted by molar-refractivity contribution is 6.29. The van der Waals surface area contributed by atoms with Gasteiger partial charge in [-0.15, -0.1) is 0 Å². The fraction of sp³-hybridized carbons (Fsp3) is 0.0588. The van der Waals surface area contributed by atoms with Crippen LogP contribution in [0.2, 0.25) is 5.15 Å². The van der Waals surface area contributed by atoms with E-state index in [9.17, 15) is 17.6 Å². The van der Waals surface area contributed by atoms with E-state index in [2.05, 4.69) is 15.3 Å². The third-order valence-electron chi connectivity index (χ3n) is 3.26. The number of rotatable bonds is 3. The van der Waals surface area contributed by atoms with Crippen LogP contribution in [0, 0.1) is 5.82 Å². The molecule has 25 heavy (non-hydrogen) atoms. The molecule has 1 N–H and O–H groups in total. The Hall–Kier alpha value is -2.67. The summed E-state index contributed by atoms with van der Waals surface area (Å²) in [5.74, 6) is 0.0266. The zero-order valence-corrected chi connectivity index (χ0v) is 13.2. The Kier molecular flexibility index (Phi) is 4.59. The van der Waals surface area contributed by atoms with Gasteiger partial charge in [0, 0.05) is 17.3 Å². The summed E-state index contributed by atoms with van der Waals surface area (Å²) in [6.07, 6.45) is -4.40. The molecule has 0 saturated carbocycles. The first-order chi connectivity index (χ1) is 11.8. The first-order valence-corrected chi connectivity index (χ1v) is 7.44. The lowest BCUT2D eigenvalue weighted by Gasteiger charge is -2.10. The fourth-order valence-corrected chi connectivity index (χ4v) is 2.31. The summed E-state index contributed by atoms with van der Waals surface area (Å²) in [6, 6.07) is 11.6. The smallest absolute Gasteiger partial charge is 0.340 e. The number of benzene rings is 2. The molecule has 0 aliphatic heterocycles. The van der Waals surface area contributed by atoms with Gasteiger partial charge in [-0.2, -0.15) is 13.2 Å². The van der Waals surface area contributed by atoms with Crippen molar-refractivity contribution in [1.29, 1.82) is 0 Å². The summed E-state index contributed by atoms with van der Waals surface area (Å²) in [5.41, 5.74) is 0.0742. The molecule has 0 aliphatic rings. The summed E-state index contributed by atoms with van der Waals surface area (Å²) in [7, 11) is 0. The normalized spacial score (nSPS) is 11.4. The number of nitrogens with zero attached hydrogens (tertiary/aromatic N) is 2. The van der Waals surface area contributed by atoms with E-state index in [1.807, 2.05) is 0 Å². The zero-order chi connectivity index (χ0) is 18.0. The molecule has 0 unspecified atom stereocenters. The van der Waals surface area contributed by atoms with E-state index in [0.717, 1.165) is 12.1 Å². The van der Waals surface area contributed by atoms with Crippen molar-refractivity contribution >= 4 is 23.1 Å². The zero-order valence-electron chi connectivity index (χ0n) is 12.5. The maximum absolute atomic E-state index is 13.3. The maximum atomic E-state index is 13.3. The second kappa shape index (κ2) is 6.68. The Labute approximate surface area is 145 Å². The highest BCUT2D eigenvalue weighted by atomic mass is 35.5. The molecule has 0 saturated heterocycles. The number of nitrogens with one attached hydrogen (secondary N) is 1. The van der Waals surface area contributed by atoms with E-state index < -0.39 is 17.6 Å². The summed E-state index contributed by atoms with van der Waals surface area (Å²) < 4.78 is 51.1. The van der Waals surface area contributed by atoms with Gasteiger partial charge >= 0.3 is 6.18 Å². The lowest BCUT2D eigenvalue weighted by molar-refractivity contribution is -0.137. The number of alkyl halides is 3. The van der Waals surface area contributed by atoms with Crippen LogP contribution in [0.5, 0.6) is 0 Å². The quantitative estimate of drug-likeness (QED) is 0.476. The molecule has 3 aromatic rings. The highest BCUT2D eigenvalue weighted by Gasteiger charge is 2.29. The van der Waals surface area contributed by atoms with Crippen LogP contribution >= 0.6 is 11.6 Å². The number of halogens is 5. The average molecular weight is 368 g/mol. The van der Waals surface area contributed by atoms with Crippen molar-refractivity contribution < 1.29 is 17.6 Å². The highest BCUT2D eigenvalue weighted by Crippen LogP contribution is 2.30. The van der Waals surface area contributed by atoms with Gasteiger partial charge in [-0.3, -0.25) is 0 Å². The van der Waals surface area contributed by atoms with Gasteiger partial charge in [-0.25, -0.2) is 14.4 Å². The minimum atomic E-state index is -4.40. The van der Waals surface area contributed by atoms with Gasteiger partial charge in [0.15, 0.2) is 5.82 Å².